The normalized spacial score (nSPS) is 12.5. The molecule has 0 radical (unpaired) electrons. The lowest BCUT2D eigenvalue weighted by molar-refractivity contribution is -0.159. The van der Waals surface area contributed by atoms with Crippen molar-refractivity contribution >= 4 is 17.8 Å². The zero-order chi connectivity index (χ0) is 13.6. The van der Waals surface area contributed by atoms with Crippen molar-refractivity contribution in [3.8, 4) is 0 Å². The molecule has 0 bridgehead atoms. The molecule has 0 saturated carbocycles. The van der Waals surface area contributed by atoms with E-state index >= 15 is 0 Å². The Hall–Kier alpha value is -1.59. The van der Waals surface area contributed by atoms with Crippen LogP contribution in [0, 0.1) is 0 Å². The van der Waals surface area contributed by atoms with E-state index in [0.29, 0.717) is 0 Å². The van der Waals surface area contributed by atoms with Gasteiger partial charge in [-0.1, -0.05) is 0 Å². The molecule has 98 valence electrons. The molecule has 0 aliphatic heterocycles. The van der Waals surface area contributed by atoms with Gasteiger partial charge in [0.1, 0.15) is 11.6 Å². The second kappa shape index (κ2) is 6.22. The first-order chi connectivity index (χ1) is 7.65. The number of nitrogens with one attached hydrogen (secondary N) is 1. The number of carbonyl (C=O) groups excluding carboxylic acids is 3. The summed E-state index contributed by atoms with van der Waals surface area (Å²) < 4.78 is 9.53. The Balaban J connectivity index is 4.48. The zero-order valence-corrected chi connectivity index (χ0v) is 10.8. The molecule has 0 saturated heterocycles. The molecule has 0 unspecified atom stereocenters. The summed E-state index contributed by atoms with van der Waals surface area (Å²) in [5.74, 6) is -1.66. The summed E-state index contributed by atoms with van der Waals surface area (Å²) in [6.45, 7) is 6.41. The summed E-state index contributed by atoms with van der Waals surface area (Å²) in [7, 11) is 1.19. The minimum Gasteiger partial charge on any atom is -0.467 e. The van der Waals surface area contributed by atoms with Gasteiger partial charge in [-0.3, -0.25) is 9.59 Å². The van der Waals surface area contributed by atoms with Crippen molar-refractivity contribution in [1.29, 1.82) is 0 Å². The highest BCUT2D eigenvalue weighted by Gasteiger charge is 2.26. The van der Waals surface area contributed by atoms with Crippen LogP contribution in [0.4, 0.5) is 0 Å². The predicted octanol–water partition coefficient (Wildman–Crippen LogP) is 0.396. The lowest BCUT2D eigenvalue weighted by Gasteiger charge is -2.21. The summed E-state index contributed by atoms with van der Waals surface area (Å²) in [6.07, 6.45) is -0.247. The second-order valence-electron chi connectivity index (χ2n) is 4.57. The Morgan fingerprint density at radius 2 is 1.76 bits per heavy atom. The van der Waals surface area contributed by atoms with Crippen LogP contribution in [0.3, 0.4) is 0 Å². The Bertz CT molecular complexity index is 305. The summed E-state index contributed by atoms with van der Waals surface area (Å²) in [4.78, 5) is 33.7. The number of hydrogen-bond acceptors (Lipinski definition) is 5. The van der Waals surface area contributed by atoms with Crippen LogP contribution in [-0.2, 0) is 23.9 Å². The molecular weight excluding hydrogens is 226 g/mol. The van der Waals surface area contributed by atoms with Crippen LogP contribution in [0.15, 0.2) is 0 Å². The zero-order valence-electron chi connectivity index (χ0n) is 10.8. The van der Waals surface area contributed by atoms with Crippen molar-refractivity contribution in [2.75, 3.05) is 7.11 Å². The SMILES string of the molecule is COC(=O)[C@H](CC(=O)OC(C)(C)C)NC(C)=O. The predicted molar refractivity (Wildman–Crippen MR) is 60.1 cm³/mol. The van der Waals surface area contributed by atoms with Crippen molar-refractivity contribution in [2.24, 2.45) is 0 Å². The molecule has 0 fully saturated rings. The molecule has 17 heavy (non-hydrogen) atoms. The maximum Gasteiger partial charge on any atom is 0.328 e. The summed E-state index contributed by atoms with van der Waals surface area (Å²) >= 11 is 0. The Labute approximate surface area is 101 Å². The van der Waals surface area contributed by atoms with Crippen molar-refractivity contribution in [2.45, 2.75) is 45.8 Å². The highest BCUT2D eigenvalue weighted by Crippen LogP contribution is 2.09. The third-order valence-corrected chi connectivity index (χ3v) is 1.65. The molecule has 0 aromatic carbocycles. The van der Waals surface area contributed by atoms with E-state index in [1.807, 2.05) is 0 Å². The average molecular weight is 245 g/mol. The number of carbonyl (C=O) groups is 3. The topological polar surface area (TPSA) is 81.7 Å². The van der Waals surface area contributed by atoms with E-state index in [1.54, 1.807) is 20.8 Å². The Kier molecular flexibility index (Phi) is 5.64. The van der Waals surface area contributed by atoms with Crippen molar-refractivity contribution < 1.29 is 23.9 Å². The smallest absolute Gasteiger partial charge is 0.328 e. The third-order valence-electron chi connectivity index (χ3n) is 1.65. The molecule has 0 spiro atoms. The summed E-state index contributed by atoms with van der Waals surface area (Å²) in [5, 5.41) is 2.33. The van der Waals surface area contributed by atoms with Crippen LogP contribution in [0.2, 0.25) is 0 Å². The first-order valence-corrected chi connectivity index (χ1v) is 5.22. The number of amides is 1. The molecule has 1 N–H and O–H groups in total. The lowest BCUT2D eigenvalue weighted by Crippen LogP contribution is -2.42. The number of methoxy groups -OCH3 is 1. The third kappa shape index (κ3) is 7.32. The van der Waals surface area contributed by atoms with Crippen LogP contribution in [-0.4, -0.2) is 36.6 Å². The van der Waals surface area contributed by atoms with Gasteiger partial charge in [-0.25, -0.2) is 4.79 Å². The minimum atomic E-state index is -1.01. The van der Waals surface area contributed by atoms with Crippen LogP contribution >= 0.6 is 0 Å². The monoisotopic (exact) mass is 245 g/mol. The maximum atomic E-state index is 11.5. The average Bonchev–Trinajstić information content (AvgIpc) is 2.11. The van der Waals surface area contributed by atoms with Gasteiger partial charge in [0.25, 0.3) is 0 Å². The molecule has 0 heterocycles. The van der Waals surface area contributed by atoms with Gasteiger partial charge in [0.2, 0.25) is 5.91 Å². The van der Waals surface area contributed by atoms with Gasteiger partial charge in [-0.2, -0.15) is 0 Å². The van der Waals surface area contributed by atoms with Gasteiger partial charge >= 0.3 is 11.9 Å². The number of rotatable bonds is 4. The Morgan fingerprint density at radius 1 is 1.24 bits per heavy atom. The van der Waals surface area contributed by atoms with Gasteiger partial charge in [0.15, 0.2) is 0 Å². The fourth-order valence-corrected chi connectivity index (χ4v) is 1.13. The van der Waals surface area contributed by atoms with E-state index in [4.69, 9.17) is 4.74 Å². The van der Waals surface area contributed by atoms with Crippen LogP contribution in [0.5, 0.6) is 0 Å². The molecule has 0 rings (SSSR count). The molecule has 0 aliphatic carbocycles. The number of ether oxygens (including phenoxy) is 2. The van der Waals surface area contributed by atoms with E-state index in [1.165, 1.54) is 14.0 Å². The fourth-order valence-electron chi connectivity index (χ4n) is 1.13. The van der Waals surface area contributed by atoms with Crippen molar-refractivity contribution in [3.05, 3.63) is 0 Å². The maximum absolute atomic E-state index is 11.5. The first kappa shape index (κ1) is 15.4. The minimum absolute atomic E-state index is 0.247. The quantitative estimate of drug-likeness (QED) is 0.725. The number of hydrogen-bond donors (Lipinski definition) is 1. The first-order valence-electron chi connectivity index (χ1n) is 5.22. The van der Waals surface area contributed by atoms with E-state index < -0.39 is 29.5 Å². The van der Waals surface area contributed by atoms with Crippen LogP contribution in [0.25, 0.3) is 0 Å². The van der Waals surface area contributed by atoms with Crippen LogP contribution < -0.4 is 5.32 Å². The number of esters is 2. The van der Waals surface area contributed by atoms with Crippen molar-refractivity contribution in [1.82, 2.24) is 5.32 Å². The van der Waals surface area contributed by atoms with E-state index in [9.17, 15) is 14.4 Å². The van der Waals surface area contributed by atoms with E-state index in [-0.39, 0.29) is 6.42 Å². The van der Waals surface area contributed by atoms with Crippen molar-refractivity contribution in [3.63, 3.8) is 0 Å². The Morgan fingerprint density at radius 3 is 2.12 bits per heavy atom. The highest BCUT2D eigenvalue weighted by molar-refractivity contribution is 5.87. The molecule has 1 atom stereocenters. The van der Waals surface area contributed by atoms with Gasteiger partial charge in [0, 0.05) is 6.92 Å². The molecule has 6 nitrogen and oxygen atoms in total. The van der Waals surface area contributed by atoms with Gasteiger partial charge in [-0.15, -0.1) is 0 Å². The van der Waals surface area contributed by atoms with Gasteiger partial charge in [-0.05, 0) is 20.8 Å². The molecule has 1 amide bonds. The largest absolute Gasteiger partial charge is 0.467 e. The molecule has 0 aliphatic rings. The van der Waals surface area contributed by atoms with E-state index in [2.05, 4.69) is 10.1 Å². The summed E-state index contributed by atoms with van der Waals surface area (Å²) in [6, 6.07) is -1.01. The summed E-state index contributed by atoms with van der Waals surface area (Å²) in [5.41, 5.74) is -0.631. The van der Waals surface area contributed by atoms with Gasteiger partial charge < -0.3 is 14.8 Å². The molecule has 0 aromatic rings. The molecule has 0 aromatic heterocycles. The second-order valence-corrected chi connectivity index (χ2v) is 4.57. The molecule has 6 heteroatoms. The standard InChI is InChI=1S/C11H19NO5/c1-7(13)12-8(10(15)16-5)6-9(14)17-11(2,3)4/h8H,6H2,1-5H3,(H,12,13)/t8-/m0/s1. The van der Waals surface area contributed by atoms with Crippen LogP contribution in [0.1, 0.15) is 34.1 Å². The molecular formula is C11H19NO5. The fraction of sp³-hybridized carbons (Fsp3) is 0.727. The van der Waals surface area contributed by atoms with Gasteiger partial charge in [0.05, 0.1) is 13.5 Å². The van der Waals surface area contributed by atoms with E-state index in [0.717, 1.165) is 0 Å². The highest BCUT2D eigenvalue weighted by atomic mass is 16.6. The lowest BCUT2D eigenvalue weighted by atomic mass is 10.1.